The molecule has 7 nitrogen and oxygen atoms in total. The van der Waals surface area contributed by atoms with Gasteiger partial charge in [0.05, 0.1) is 23.1 Å². The van der Waals surface area contributed by atoms with E-state index < -0.39 is 4.92 Å². The van der Waals surface area contributed by atoms with Gasteiger partial charge in [-0.1, -0.05) is 13.0 Å². The number of nitrogens with one attached hydrogen (secondary N) is 2. The third-order valence-corrected chi connectivity index (χ3v) is 2.93. The molecule has 1 amide bonds. The van der Waals surface area contributed by atoms with E-state index in [1.165, 1.54) is 12.1 Å². The molecule has 1 rings (SSSR count). The maximum atomic E-state index is 12.2. The van der Waals surface area contributed by atoms with Crippen LogP contribution in [0.15, 0.2) is 18.2 Å². The van der Waals surface area contributed by atoms with Gasteiger partial charge in [0.15, 0.2) is 0 Å². The molecule has 0 saturated heterocycles. The predicted octanol–water partition coefficient (Wildman–Crippen LogP) is 1.79. The number of anilines is 1. The smallest absolute Gasteiger partial charge is 0.293 e. The molecule has 0 heterocycles. The van der Waals surface area contributed by atoms with Crippen molar-refractivity contribution >= 4 is 17.3 Å². The van der Waals surface area contributed by atoms with E-state index in [1.54, 1.807) is 20.2 Å². The Bertz CT molecular complexity index is 491. The number of ether oxygens (including phenoxy) is 1. The first-order valence-corrected chi connectivity index (χ1v) is 6.30. The van der Waals surface area contributed by atoms with Crippen LogP contribution in [0, 0.1) is 10.1 Å². The lowest BCUT2D eigenvalue weighted by Gasteiger charge is -2.17. The van der Waals surface area contributed by atoms with Crippen molar-refractivity contribution in [2.24, 2.45) is 0 Å². The molecule has 0 aliphatic rings. The number of para-hydroxylation sites is 1. The van der Waals surface area contributed by atoms with Crippen LogP contribution in [0.4, 0.5) is 11.4 Å². The van der Waals surface area contributed by atoms with Crippen LogP contribution >= 0.6 is 0 Å². The fourth-order valence-corrected chi connectivity index (χ4v) is 1.87. The number of rotatable bonds is 7. The van der Waals surface area contributed by atoms with Gasteiger partial charge in [-0.15, -0.1) is 0 Å². The number of nitro benzene ring substituents is 1. The molecule has 1 aromatic rings. The molecular weight excluding hydrogens is 262 g/mol. The van der Waals surface area contributed by atoms with E-state index in [0.29, 0.717) is 13.0 Å². The van der Waals surface area contributed by atoms with Gasteiger partial charge in [0.25, 0.3) is 11.6 Å². The minimum atomic E-state index is -0.519. The quantitative estimate of drug-likeness (QED) is 0.587. The van der Waals surface area contributed by atoms with Gasteiger partial charge in [-0.05, 0) is 12.5 Å². The Hall–Kier alpha value is -2.15. The maximum Gasteiger partial charge on any atom is 0.293 e. The highest BCUT2D eigenvalue weighted by atomic mass is 16.6. The highest BCUT2D eigenvalue weighted by Crippen LogP contribution is 2.27. The van der Waals surface area contributed by atoms with Crippen molar-refractivity contribution in [1.29, 1.82) is 0 Å². The number of benzene rings is 1. The standard InChI is InChI=1S/C13H19N3O4/c1-4-9(8-20-3)15-13(17)10-6-5-7-11(16(18)19)12(10)14-2/h5-7,9,14H,4,8H2,1-3H3,(H,15,17). The van der Waals surface area contributed by atoms with Crippen LogP contribution < -0.4 is 10.6 Å². The Kier molecular flexibility index (Phi) is 5.92. The summed E-state index contributed by atoms with van der Waals surface area (Å²) >= 11 is 0. The van der Waals surface area contributed by atoms with Crippen molar-refractivity contribution in [3.05, 3.63) is 33.9 Å². The molecule has 0 aliphatic heterocycles. The van der Waals surface area contributed by atoms with Crippen molar-refractivity contribution in [3.63, 3.8) is 0 Å². The van der Waals surface area contributed by atoms with Crippen LogP contribution in [0.1, 0.15) is 23.7 Å². The minimum Gasteiger partial charge on any atom is -0.383 e. The normalized spacial score (nSPS) is 11.8. The molecule has 0 radical (unpaired) electrons. The Morgan fingerprint density at radius 3 is 2.70 bits per heavy atom. The van der Waals surface area contributed by atoms with Crippen molar-refractivity contribution in [2.45, 2.75) is 19.4 Å². The second kappa shape index (κ2) is 7.44. The van der Waals surface area contributed by atoms with Gasteiger partial charge in [0, 0.05) is 20.2 Å². The summed E-state index contributed by atoms with van der Waals surface area (Å²) in [4.78, 5) is 22.6. The van der Waals surface area contributed by atoms with Crippen LogP contribution in [0.25, 0.3) is 0 Å². The highest BCUT2D eigenvalue weighted by molar-refractivity contribution is 6.01. The first-order chi connectivity index (χ1) is 9.54. The summed E-state index contributed by atoms with van der Waals surface area (Å²) in [6, 6.07) is 4.27. The number of hydrogen-bond acceptors (Lipinski definition) is 5. The molecule has 0 saturated carbocycles. The van der Waals surface area contributed by atoms with E-state index in [0.717, 1.165) is 0 Å². The summed E-state index contributed by atoms with van der Waals surface area (Å²) in [5, 5.41) is 16.5. The van der Waals surface area contributed by atoms with Crippen LogP contribution in [-0.2, 0) is 4.74 Å². The van der Waals surface area contributed by atoms with Gasteiger partial charge in [0.1, 0.15) is 5.69 Å². The van der Waals surface area contributed by atoms with Crippen LogP contribution in [0.2, 0.25) is 0 Å². The van der Waals surface area contributed by atoms with Crippen LogP contribution in [0.3, 0.4) is 0 Å². The Morgan fingerprint density at radius 1 is 1.50 bits per heavy atom. The Labute approximate surface area is 117 Å². The highest BCUT2D eigenvalue weighted by Gasteiger charge is 2.21. The third-order valence-electron chi connectivity index (χ3n) is 2.93. The summed E-state index contributed by atoms with van der Waals surface area (Å²) in [6.45, 7) is 2.32. The SMILES string of the molecule is CCC(COC)NC(=O)c1cccc([N+](=O)[O-])c1NC. The first kappa shape index (κ1) is 15.9. The Balaban J connectivity index is 3.03. The number of methoxy groups -OCH3 is 1. The van der Waals surface area contributed by atoms with E-state index in [2.05, 4.69) is 10.6 Å². The minimum absolute atomic E-state index is 0.125. The largest absolute Gasteiger partial charge is 0.383 e. The molecular formula is C13H19N3O4. The summed E-state index contributed by atoms with van der Waals surface area (Å²) in [5.41, 5.74) is 0.332. The summed E-state index contributed by atoms with van der Waals surface area (Å²) in [6.07, 6.45) is 0.712. The van der Waals surface area contributed by atoms with E-state index >= 15 is 0 Å². The zero-order valence-electron chi connectivity index (χ0n) is 11.8. The molecule has 1 unspecified atom stereocenters. The number of hydrogen-bond donors (Lipinski definition) is 2. The van der Waals surface area contributed by atoms with E-state index in [4.69, 9.17) is 4.74 Å². The molecule has 1 atom stereocenters. The van der Waals surface area contributed by atoms with Gasteiger partial charge in [0.2, 0.25) is 0 Å². The number of nitrogens with zero attached hydrogens (tertiary/aromatic N) is 1. The van der Waals surface area contributed by atoms with Gasteiger partial charge < -0.3 is 15.4 Å². The number of nitro groups is 1. The molecule has 0 spiro atoms. The molecule has 7 heteroatoms. The lowest BCUT2D eigenvalue weighted by molar-refractivity contribution is -0.384. The average Bonchev–Trinajstić information content (AvgIpc) is 2.45. The second-order valence-electron chi connectivity index (χ2n) is 4.24. The molecule has 1 aromatic carbocycles. The zero-order chi connectivity index (χ0) is 15.1. The monoisotopic (exact) mass is 281 g/mol. The molecule has 20 heavy (non-hydrogen) atoms. The van der Waals surface area contributed by atoms with Crippen LogP contribution in [-0.4, -0.2) is 37.6 Å². The van der Waals surface area contributed by atoms with E-state index in [-0.39, 0.29) is 28.9 Å². The molecule has 110 valence electrons. The molecule has 0 aliphatic carbocycles. The van der Waals surface area contributed by atoms with Crippen molar-refractivity contribution in [2.75, 3.05) is 26.1 Å². The number of carbonyl (C=O) groups is 1. The van der Waals surface area contributed by atoms with Crippen molar-refractivity contribution in [3.8, 4) is 0 Å². The lowest BCUT2D eigenvalue weighted by atomic mass is 10.1. The first-order valence-electron chi connectivity index (χ1n) is 6.30. The lowest BCUT2D eigenvalue weighted by Crippen LogP contribution is -2.37. The second-order valence-corrected chi connectivity index (χ2v) is 4.24. The molecule has 0 bridgehead atoms. The summed E-state index contributed by atoms with van der Waals surface area (Å²) in [5.74, 6) is -0.359. The Morgan fingerprint density at radius 2 is 2.20 bits per heavy atom. The third kappa shape index (κ3) is 3.67. The van der Waals surface area contributed by atoms with E-state index in [1.807, 2.05) is 6.92 Å². The maximum absolute atomic E-state index is 12.2. The average molecular weight is 281 g/mol. The fraction of sp³-hybridized carbons (Fsp3) is 0.462. The molecule has 2 N–H and O–H groups in total. The van der Waals surface area contributed by atoms with E-state index in [9.17, 15) is 14.9 Å². The van der Waals surface area contributed by atoms with Gasteiger partial charge in [-0.2, -0.15) is 0 Å². The number of carbonyl (C=O) groups excluding carboxylic acids is 1. The zero-order valence-corrected chi connectivity index (χ0v) is 11.8. The van der Waals surface area contributed by atoms with Gasteiger partial charge in [-0.25, -0.2) is 0 Å². The summed E-state index contributed by atoms with van der Waals surface area (Å²) < 4.78 is 5.01. The predicted molar refractivity (Wildman–Crippen MR) is 76.1 cm³/mol. The molecule has 0 fully saturated rings. The topological polar surface area (TPSA) is 93.5 Å². The van der Waals surface area contributed by atoms with Gasteiger partial charge in [-0.3, -0.25) is 14.9 Å². The van der Waals surface area contributed by atoms with Crippen molar-refractivity contribution in [1.82, 2.24) is 5.32 Å². The van der Waals surface area contributed by atoms with Crippen LogP contribution in [0.5, 0.6) is 0 Å². The fourth-order valence-electron chi connectivity index (χ4n) is 1.87. The molecule has 0 aromatic heterocycles. The van der Waals surface area contributed by atoms with Gasteiger partial charge >= 0.3 is 0 Å². The number of amides is 1. The van der Waals surface area contributed by atoms with Crippen molar-refractivity contribution < 1.29 is 14.5 Å². The summed E-state index contributed by atoms with van der Waals surface area (Å²) in [7, 11) is 3.10.